The van der Waals surface area contributed by atoms with Crippen LogP contribution in [0.4, 0.5) is 11.4 Å². The van der Waals surface area contributed by atoms with Gasteiger partial charge in [0.25, 0.3) is 0 Å². The molecule has 0 aromatic heterocycles. The predicted octanol–water partition coefficient (Wildman–Crippen LogP) is 3.10. The first-order chi connectivity index (χ1) is 12.2. The standard InChI is InChI=1S/C20H24N2O3/c1-24-18-9-3-15(4-10-18)13-20(23)21-16-5-7-17(8-6-16)22-12-11-19(14-22)25-2/h3-10,19H,11-14H2,1-2H3,(H,21,23)/t19-/m0/s1. The lowest BCUT2D eigenvalue weighted by atomic mass is 10.1. The fourth-order valence-electron chi connectivity index (χ4n) is 3.04. The van der Waals surface area contributed by atoms with E-state index in [1.165, 1.54) is 0 Å². The van der Waals surface area contributed by atoms with Crippen LogP contribution >= 0.6 is 0 Å². The van der Waals surface area contributed by atoms with Gasteiger partial charge in [-0.15, -0.1) is 0 Å². The van der Waals surface area contributed by atoms with Crippen molar-refractivity contribution in [2.75, 3.05) is 37.5 Å². The molecule has 3 rings (SSSR count). The topological polar surface area (TPSA) is 50.8 Å². The third-order valence-electron chi connectivity index (χ3n) is 4.52. The average Bonchev–Trinajstić information content (AvgIpc) is 3.12. The van der Waals surface area contributed by atoms with E-state index >= 15 is 0 Å². The summed E-state index contributed by atoms with van der Waals surface area (Å²) in [5.41, 5.74) is 2.93. The molecule has 0 bridgehead atoms. The fraction of sp³-hybridized carbons (Fsp3) is 0.350. The van der Waals surface area contributed by atoms with E-state index < -0.39 is 0 Å². The zero-order valence-corrected chi connectivity index (χ0v) is 14.7. The highest BCUT2D eigenvalue weighted by molar-refractivity contribution is 5.92. The first kappa shape index (κ1) is 17.3. The average molecular weight is 340 g/mol. The summed E-state index contributed by atoms with van der Waals surface area (Å²) in [6.07, 6.45) is 1.70. The Kier molecular flexibility index (Phi) is 5.56. The van der Waals surface area contributed by atoms with Gasteiger partial charge in [0.1, 0.15) is 5.75 Å². The highest BCUT2D eigenvalue weighted by Gasteiger charge is 2.22. The minimum atomic E-state index is -0.0291. The monoisotopic (exact) mass is 340 g/mol. The van der Waals surface area contributed by atoms with Gasteiger partial charge in [0.05, 0.1) is 19.6 Å². The lowest BCUT2D eigenvalue weighted by Crippen LogP contribution is -2.22. The number of benzene rings is 2. The van der Waals surface area contributed by atoms with E-state index in [1.54, 1.807) is 14.2 Å². The molecule has 2 aromatic rings. The molecular formula is C20H24N2O3. The molecule has 132 valence electrons. The van der Waals surface area contributed by atoms with E-state index in [9.17, 15) is 4.79 Å². The van der Waals surface area contributed by atoms with Crippen LogP contribution in [0.3, 0.4) is 0 Å². The van der Waals surface area contributed by atoms with Crippen LogP contribution in [0, 0.1) is 0 Å². The SMILES string of the molecule is COc1ccc(CC(=O)Nc2ccc(N3CC[C@H](OC)C3)cc2)cc1. The largest absolute Gasteiger partial charge is 0.497 e. The van der Waals surface area contributed by atoms with Gasteiger partial charge in [-0.25, -0.2) is 0 Å². The third-order valence-corrected chi connectivity index (χ3v) is 4.52. The van der Waals surface area contributed by atoms with Crippen molar-refractivity contribution in [3.05, 3.63) is 54.1 Å². The molecule has 1 aliphatic heterocycles. The molecular weight excluding hydrogens is 316 g/mol. The Morgan fingerprint density at radius 1 is 1.12 bits per heavy atom. The second kappa shape index (κ2) is 8.03. The molecule has 5 nitrogen and oxygen atoms in total. The number of hydrogen-bond donors (Lipinski definition) is 1. The second-order valence-corrected chi connectivity index (χ2v) is 6.21. The molecule has 1 heterocycles. The van der Waals surface area contributed by atoms with Gasteiger partial charge in [0.2, 0.25) is 5.91 Å². The minimum Gasteiger partial charge on any atom is -0.497 e. The van der Waals surface area contributed by atoms with Gasteiger partial charge in [-0.1, -0.05) is 12.1 Å². The van der Waals surface area contributed by atoms with Gasteiger partial charge in [0, 0.05) is 31.6 Å². The summed E-state index contributed by atoms with van der Waals surface area (Å²) in [7, 11) is 3.39. The van der Waals surface area contributed by atoms with Crippen LogP contribution in [0.5, 0.6) is 5.75 Å². The second-order valence-electron chi connectivity index (χ2n) is 6.21. The van der Waals surface area contributed by atoms with Crippen LogP contribution in [0.15, 0.2) is 48.5 Å². The highest BCUT2D eigenvalue weighted by Crippen LogP contribution is 2.23. The van der Waals surface area contributed by atoms with Gasteiger partial charge < -0.3 is 19.7 Å². The fourth-order valence-corrected chi connectivity index (χ4v) is 3.04. The molecule has 0 saturated carbocycles. The van der Waals surface area contributed by atoms with Crippen LogP contribution in [-0.2, 0) is 16.0 Å². The van der Waals surface area contributed by atoms with Gasteiger partial charge in [-0.2, -0.15) is 0 Å². The maximum atomic E-state index is 12.2. The first-order valence-electron chi connectivity index (χ1n) is 8.48. The molecule has 1 N–H and O–H groups in total. The van der Waals surface area contributed by atoms with Crippen LogP contribution in [0.2, 0.25) is 0 Å². The Hall–Kier alpha value is -2.53. The maximum Gasteiger partial charge on any atom is 0.228 e. The van der Waals surface area contributed by atoms with E-state index in [2.05, 4.69) is 10.2 Å². The van der Waals surface area contributed by atoms with Gasteiger partial charge >= 0.3 is 0 Å². The molecule has 1 amide bonds. The molecule has 1 aliphatic rings. The normalized spacial score (nSPS) is 16.7. The summed E-state index contributed by atoms with van der Waals surface area (Å²) >= 11 is 0. The number of amides is 1. The molecule has 5 heteroatoms. The number of carbonyl (C=O) groups excluding carboxylic acids is 1. The molecule has 0 spiro atoms. The van der Waals surface area contributed by atoms with E-state index in [4.69, 9.17) is 9.47 Å². The Morgan fingerprint density at radius 3 is 2.44 bits per heavy atom. The smallest absolute Gasteiger partial charge is 0.228 e. The molecule has 2 aromatic carbocycles. The van der Waals surface area contributed by atoms with Crippen molar-refractivity contribution in [2.24, 2.45) is 0 Å². The van der Waals surface area contributed by atoms with Crippen molar-refractivity contribution in [3.63, 3.8) is 0 Å². The number of hydrogen-bond acceptors (Lipinski definition) is 4. The van der Waals surface area contributed by atoms with Crippen molar-refractivity contribution in [2.45, 2.75) is 18.9 Å². The third kappa shape index (κ3) is 4.51. The summed E-state index contributed by atoms with van der Waals surface area (Å²) in [6.45, 7) is 1.92. The van der Waals surface area contributed by atoms with Gasteiger partial charge in [0.15, 0.2) is 0 Å². The quantitative estimate of drug-likeness (QED) is 0.878. The molecule has 25 heavy (non-hydrogen) atoms. The number of nitrogens with zero attached hydrogens (tertiary/aromatic N) is 1. The van der Waals surface area contributed by atoms with Crippen LogP contribution in [-0.4, -0.2) is 39.3 Å². The van der Waals surface area contributed by atoms with Crippen molar-refractivity contribution in [1.29, 1.82) is 0 Å². The maximum absolute atomic E-state index is 12.2. The molecule has 1 saturated heterocycles. The Labute approximate surface area is 148 Å². The highest BCUT2D eigenvalue weighted by atomic mass is 16.5. The zero-order valence-electron chi connectivity index (χ0n) is 14.7. The van der Waals surface area contributed by atoms with E-state index in [0.717, 1.165) is 42.2 Å². The number of anilines is 2. The van der Waals surface area contributed by atoms with E-state index in [-0.39, 0.29) is 5.91 Å². The summed E-state index contributed by atoms with van der Waals surface area (Å²) < 4.78 is 10.5. The molecule has 0 unspecified atom stereocenters. The van der Waals surface area contributed by atoms with Gasteiger partial charge in [-0.05, 0) is 48.4 Å². The molecule has 0 radical (unpaired) electrons. The number of rotatable bonds is 6. The van der Waals surface area contributed by atoms with E-state index in [1.807, 2.05) is 48.5 Å². The number of ether oxygens (including phenoxy) is 2. The lowest BCUT2D eigenvalue weighted by molar-refractivity contribution is -0.115. The van der Waals surface area contributed by atoms with Crippen LogP contribution in [0.25, 0.3) is 0 Å². The van der Waals surface area contributed by atoms with Crippen molar-refractivity contribution in [3.8, 4) is 5.75 Å². The van der Waals surface area contributed by atoms with Crippen molar-refractivity contribution in [1.82, 2.24) is 0 Å². The molecule has 1 fully saturated rings. The molecule has 1 atom stereocenters. The first-order valence-corrected chi connectivity index (χ1v) is 8.48. The summed E-state index contributed by atoms with van der Waals surface area (Å²) in [5.74, 6) is 0.760. The Morgan fingerprint density at radius 2 is 1.84 bits per heavy atom. The van der Waals surface area contributed by atoms with Crippen LogP contribution in [0.1, 0.15) is 12.0 Å². The summed E-state index contributed by atoms with van der Waals surface area (Å²) in [4.78, 5) is 14.5. The molecule has 0 aliphatic carbocycles. The Bertz CT molecular complexity index is 698. The van der Waals surface area contributed by atoms with Gasteiger partial charge in [-0.3, -0.25) is 4.79 Å². The van der Waals surface area contributed by atoms with Crippen molar-refractivity contribution >= 4 is 17.3 Å². The Balaban J connectivity index is 1.54. The van der Waals surface area contributed by atoms with Crippen LogP contribution < -0.4 is 15.0 Å². The summed E-state index contributed by atoms with van der Waals surface area (Å²) in [6, 6.07) is 15.5. The number of methoxy groups -OCH3 is 2. The van der Waals surface area contributed by atoms with Crippen molar-refractivity contribution < 1.29 is 14.3 Å². The zero-order chi connectivity index (χ0) is 17.6. The minimum absolute atomic E-state index is 0.0291. The number of nitrogens with one attached hydrogen (secondary N) is 1. The predicted molar refractivity (Wildman–Crippen MR) is 99.4 cm³/mol. The lowest BCUT2D eigenvalue weighted by Gasteiger charge is -2.18. The van der Waals surface area contributed by atoms with E-state index in [0.29, 0.717) is 12.5 Å². The number of carbonyl (C=O) groups is 1. The summed E-state index contributed by atoms with van der Waals surface area (Å²) in [5, 5.41) is 2.94.